The fraction of sp³-hybridized carbons (Fsp3) is 0.385. The van der Waals surface area contributed by atoms with Crippen LogP contribution in [0.2, 0.25) is 0 Å². The number of benzene rings is 1. The second kappa shape index (κ2) is 9.65. The molecule has 1 atom stereocenters. The molecule has 0 aromatic heterocycles. The Morgan fingerprint density at radius 2 is 1.74 bits per heavy atom. The van der Waals surface area contributed by atoms with E-state index in [1.165, 1.54) is 6.92 Å². The van der Waals surface area contributed by atoms with Gasteiger partial charge in [0.15, 0.2) is 0 Å². The number of hydrogen-bond acceptors (Lipinski definition) is 5. The second-order valence-electron chi connectivity index (χ2n) is 4.60. The van der Waals surface area contributed by atoms with Crippen molar-refractivity contribution in [2.75, 3.05) is 18.5 Å². The van der Waals surface area contributed by atoms with Gasteiger partial charge in [-0.25, -0.2) is 0 Å². The van der Waals surface area contributed by atoms with Gasteiger partial charge < -0.3 is 26.0 Å². The van der Waals surface area contributed by atoms with Gasteiger partial charge in [0, 0.05) is 7.14 Å². The van der Waals surface area contributed by atoms with E-state index in [9.17, 15) is 14.7 Å². The highest BCUT2D eigenvalue weighted by Gasteiger charge is 2.23. The first-order valence-corrected chi connectivity index (χ1v) is 9.65. The Labute approximate surface area is 174 Å². The van der Waals surface area contributed by atoms with Crippen LogP contribution in [0.3, 0.4) is 0 Å². The van der Waals surface area contributed by atoms with E-state index in [1.807, 2.05) is 67.8 Å². The molecule has 0 saturated heterocycles. The molecule has 0 aliphatic heterocycles. The quantitative estimate of drug-likeness (QED) is 0.291. The molecule has 10 heteroatoms. The van der Waals surface area contributed by atoms with Crippen LogP contribution in [0.4, 0.5) is 5.69 Å². The number of hydrogen-bond donors (Lipinski definition) is 5. The molecule has 0 aliphatic rings. The molecule has 23 heavy (non-hydrogen) atoms. The zero-order valence-corrected chi connectivity index (χ0v) is 18.4. The third kappa shape index (κ3) is 5.62. The summed E-state index contributed by atoms with van der Waals surface area (Å²) in [6.07, 6.45) is -1.17. The summed E-state index contributed by atoms with van der Waals surface area (Å²) in [6.45, 7) is 0.583. The van der Waals surface area contributed by atoms with Crippen LogP contribution in [0.15, 0.2) is 6.07 Å². The summed E-state index contributed by atoms with van der Waals surface area (Å²) < 4.78 is 1.90. The Bertz CT molecular complexity index is 606. The molecule has 0 fully saturated rings. The van der Waals surface area contributed by atoms with Crippen molar-refractivity contribution in [3.05, 3.63) is 22.3 Å². The number of anilines is 1. The van der Waals surface area contributed by atoms with E-state index in [0.717, 1.165) is 3.57 Å². The molecular weight excluding hydrogens is 645 g/mol. The number of nitrogens with one attached hydrogen (secondary N) is 2. The molecular formula is C13H15I3N2O5. The molecule has 2 amide bonds. The van der Waals surface area contributed by atoms with Crippen LogP contribution in [0.25, 0.3) is 0 Å². The lowest BCUT2D eigenvalue weighted by Gasteiger charge is -2.18. The monoisotopic (exact) mass is 660 g/mol. The standard InChI is InChI=1S/C13H15I3N2O5/c1-5(21)12(22)18-11-8(15)2-7(14)9(10(11)16)13(23)17-6(3-19)4-20/h2,5-6,19-21H,3-4H2,1H3,(H,17,23)(H,18,22)/t5-/m0/s1. The van der Waals surface area contributed by atoms with E-state index < -0.39 is 24.0 Å². The number of halogens is 3. The predicted molar refractivity (Wildman–Crippen MR) is 110 cm³/mol. The summed E-state index contributed by atoms with van der Waals surface area (Å²) in [6, 6.07) is 0.965. The molecule has 5 N–H and O–H groups in total. The third-order valence-corrected chi connectivity index (χ3v) is 5.58. The SMILES string of the molecule is C[C@H](O)C(=O)Nc1c(I)cc(I)c(C(=O)NC(CO)CO)c1I. The molecule has 0 spiro atoms. The summed E-state index contributed by atoms with van der Waals surface area (Å²) in [7, 11) is 0. The van der Waals surface area contributed by atoms with Gasteiger partial charge in [-0.2, -0.15) is 0 Å². The average molecular weight is 660 g/mol. The van der Waals surface area contributed by atoms with Gasteiger partial charge in [0.25, 0.3) is 11.8 Å². The molecule has 1 rings (SSSR count). The minimum atomic E-state index is -1.17. The van der Waals surface area contributed by atoms with Crippen molar-refractivity contribution in [1.82, 2.24) is 5.32 Å². The van der Waals surface area contributed by atoms with Crippen molar-refractivity contribution in [3.63, 3.8) is 0 Å². The highest BCUT2D eigenvalue weighted by molar-refractivity contribution is 14.1. The molecule has 1 aromatic rings. The van der Waals surface area contributed by atoms with Gasteiger partial charge in [-0.3, -0.25) is 9.59 Å². The van der Waals surface area contributed by atoms with Crippen LogP contribution in [-0.2, 0) is 4.79 Å². The Kier molecular flexibility index (Phi) is 8.92. The Morgan fingerprint density at radius 1 is 1.17 bits per heavy atom. The largest absolute Gasteiger partial charge is 0.394 e. The Morgan fingerprint density at radius 3 is 2.22 bits per heavy atom. The second-order valence-corrected chi connectivity index (χ2v) is 8.01. The maximum atomic E-state index is 12.4. The van der Waals surface area contributed by atoms with E-state index >= 15 is 0 Å². The molecule has 0 saturated carbocycles. The first-order chi connectivity index (χ1) is 10.7. The lowest BCUT2D eigenvalue weighted by atomic mass is 10.1. The van der Waals surface area contributed by atoms with Crippen molar-refractivity contribution in [2.24, 2.45) is 0 Å². The van der Waals surface area contributed by atoms with Gasteiger partial charge in [0.2, 0.25) is 0 Å². The number of carbonyl (C=O) groups is 2. The van der Waals surface area contributed by atoms with E-state index in [0.29, 0.717) is 18.4 Å². The zero-order chi connectivity index (χ0) is 17.7. The number of rotatable bonds is 6. The van der Waals surface area contributed by atoms with E-state index in [2.05, 4.69) is 10.6 Å². The summed E-state index contributed by atoms with van der Waals surface area (Å²) in [5, 5.41) is 32.6. The van der Waals surface area contributed by atoms with Gasteiger partial charge in [-0.15, -0.1) is 0 Å². The molecule has 0 aliphatic carbocycles. The van der Waals surface area contributed by atoms with Crippen LogP contribution in [0.5, 0.6) is 0 Å². The van der Waals surface area contributed by atoms with Crippen LogP contribution < -0.4 is 10.6 Å². The van der Waals surface area contributed by atoms with Crippen LogP contribution in [0.1, 0.15) is 17.3 Å². The van der Waals surface area contributed by atoms with Gasteiger partial charge in [0.05, 0.1) is 34.1 Å². The van der Waals surface area contributed by atoms with Crippen LogP contribution >= 0.6 is 67.8 Å². The Balaban J connectivity index is 3.23. The average Bonchev–Trinajstić information content (AvgIpc) is 2.48. The summed E-state index contributed by atoms with van der Waals surface area (Å²) in [4.78, 5) is 24.1. The highest BCUT2D eigenvalue weighted by Crippen LogP contribution is 2.32. The summed E-state index contributed by atoms with van der Waals surface area (Å²) in [5.41, 5.74) is 0.770. The first kappa shape index (κ1) is 21.3. The summed E-state index contributed by atoms with van der Waals surface area (Å²) >= 11 is 5.98. The summed E-state index contributed by atoms with van der Waals surface area (Å²) in [5.74, 6) is -1.03. The van der Waals surface area contributed by atoms with Gasteiger partial charge in [-0.1, -0.05) is 0 Å². The molecule has 0 radical (unpaired) electrons. The lowest BCUT2D eigenvalue weighted by molar-refractivity contribution is -0.123. The zero-order valence-electron chi connectivity index (χ0n) is 11.9. The molecule has 0 heterocycles. The smallest absolute Gasteiger partial charge is 0.253 e. The number of aliphatic hydroxyl groups is 3. The van der Waals surface area contributed by atoms with Crippen molar-refractivity contribution in [2.45, 2.75) is 19.1 Å². The normalized spacial score (nSPS) is 12.2. The van der Waals surface area contributed by atoms with E-state index in [4.69, 9.17) is 10.2 Å². The molecule has 0 unspecified atom stereocenters. The highest BCUT2D eigenvalue weighted by atomic mass is 127. The van der Waals surface area contributed by atoms with E-state index in [1.54, 1.807) is 6.07 Å². The minimum absolute atomic E-state index is 0.333. The Hall–Kier alpha value is 0.230. The fourth-order valence-electron chi connectivity index (χ4n) is 1.55. The maximum Gasteiger partial charge on any atom is 0.253 e. The predicted octanol–water partition coefficient (Wildman–Crippen LogP) is 0.903. The van der Waals surface area contributed by atoms with Gasteiger partial charge in [0.1, 0.15) is 6.10 Å². The van der Waals surface area contributed by atoms with Crippen molar-refractivity contribution in [1.29, 1.82) is 0 Å². The number of aliphatic hydroxyl groups excluding tert-OH is 3. The van der Waals surface area contributed by atoms with Crippen LogP contribution in [0, 0.1) is 10.7 Å². The van der Waals surface area contributed by atoms with Crippen molar-refractivity contribution < 1.29 is 24.9 Å². The first-order valence-electron chi connectivity index (χ1n) is 6.41. The van der Waals surface area contributed by atoms with Crippen molar-refractivity contribution in [3.8, 4) is 0 Å². The fourth-order valence-corrected chi connectivity index (χ4v) is 5.68. The molecule has 7 nitrogen and oxygen atoms in total. The van der Waals surface area contributed by atoms with E-state index in [-0.39, 0.29) is 13.2 Å². The lowest BCUT2D eigenvalue weighted by Crippen LogP contribution is -2.40. The number of carbonyl (C=O) groups excluding carboxylic acids is 2. The maximum absolute atomic E-state index is 12.4. The van der Waals surface area contributed by atoms with Crippen LogP contribution in [-0.4, -0.2) is 52.5 Å². The minimum Gasteiger partial charge on any atom is -0.394 e. The molecule has 1 aromatic carbocycles. The van der Waals surface area contributed by atoms with Gasteiger partial charge >= 0.3 is 0 Å². The molecule has 0 bridgehead atoms. The number of amides is 2. The van der Waals surface area contributed by atoms with Crippen molar-refractivity contribution >= 4 is 85.3 Å². The third-order valence-electron chi connectivity index (χ3n) is 2.80. The molecule has 128 valence electrons. The topological polar surface area (TPSA) is 119 Å². The van der Waals surface area contributed by atoms with Gasteiger partial charge in [-0.05, 0) is 80.8 Å².